The van der Waals surface area contributed by atoms with Gasteiger partial charge in [0, 0.05) is 30.5 Å². The highest BCUT2D eigenvalue weighted by Gasteiger charge is 2.38. The molecule has 1 aromatic heterocycles. The van der Waals surface area contributed by atoms with Crippen LogP contribution in [-0.2, 0) is 11.3 Å². The van der Waals surface area contributed by atoms with Crippen LogP contribution >= 0.6 is 0 Å². The van der Waals surface area contributed by atoms with Gasteiger partial charge in [0.05, 0.1) is 0 Å². The summed E-state index contributed by atoms with van der Waals surface area (Å²) < 4.78 is 31.7. The van der Waals surface area contributed by atoms with Gasteiger partial charge in [-0.2, -0.15) is 13.2 Å². The van der Waals surface area contributed by atoms with Gasteiger partial charge in [-0.3, -0.25) is 0 Å². The molecule has 0 unspecified atom stereocenters. The second-order valence-corrected chi connectivity index (χ2v) is 9.34. The Morgan fingerprint density at radius 1 is 1.09 bits per heavy atom. The third kappa shape index (κ3) is 7.45. The number of hydrogen-bond donors (Lipinski definition) is 3. The Labute approximate surface area is 197 Å². The Kier molecular flexibility index (Phi) is 8.15. The number of rotatable bonds is 5. The van der Waals surface area contributed by atoms with Gasteiger partial charge in [-0.05, 0) is 53.9 Å². The molecular weight excluding hydrogens is 443 g/mol. The molecule has 0 bridgehead atoms. The average molecular weight is 474 g/mol. The topological polar surface area (TPSA) is 78.0 Å². The SMILES string of the molecule is CC1(C)CCC(NCc2ccc(-c3cccc(-c4ncc[nH]4)c3)cc2)CC1.O=C(O)C(F)(F)F. The predicted octanol–water partition coefficient (Wildman–Crippen LogP) is 6.44. The standard InChI is InChI=1S/C24H29N3.C2HF3O2/c1-24(2)12-10-22(11-13-24)27-17-18-6-8-19(9-7-18)20-4-3-5-21(16-20)23-25-14-15-26-23;3-2(4,5)1(6)7/h3-9,14-16,22,27H,10-13,17H2,1-2H3,(H,25,26);(H,6,7). The quantitative estimate of drug-likeness (QED) is 0.399. The monoisotopic (exact) mass is 473 g/mol. The number of hydrogen-bond acceptors (Lipinski definition) is 3. The van der Waals surface area contributed by atoms with Crippen molar-refractivity contribution < 1.29 is 23.1 Å². The Morgan fingerprint density at radius 2 is 1.71 bits per heavy atom. The summed E-state index contributed by atoms with van der Waals surface area (Å²) in [6.07, 6.45) is 3.81. The van der Waals surface area contributed by atoms with E-state index >= 15 is 0 Å². The number of imidazole rings is 1. The number of nitrogens with one attached hydrogen (secondary N) is 2. The summed E-state index contributed by atoms with van der Waals surface area (Å²) in [5.41, 5.74) is 5.46. The normalized spacial score (nSPS) is 15.9. The molecule has 34 heavy (non-hydrogen) atoms. The summed E-state index contributed by atoms with van der Waals surface area (Å²) in [4.78, 5) is 16.4. The maximum atomic E-state index is 10.6. The number of carboxylic acids is 1. The first-order chi connectivity index (χ1) is 16.0. The van der Waals surface area contributed by atoms with Crippen LogP contribution in [0.4, 0.5) is 13.2 Å². The number of nitrogens with zero attached hydrogens (tertiary/aromatic N) is 1. The van der Waals surface area contributed by atoms with Gasteiger partial charge in [0.1, 0.15) is 5.82 Å². The van der Waals surface area contributed by atoms with Crippen LogP contribution in [0.25, 0.3) is 22.5 Å². The lowest BCUT2D eigenvalue weighted by atomic mass is 9.75. The van der Waals surface area contributed by atoms with Crippen molar-refractivity contribution in [2.45, 2.75) is 58.3 Å². The Balaban J connectivity index is 0.000000406. The Morgan fingerprint density at radius 3 is 2.26 bits per heavy atom. The maximum Gasteiger partial charge on any atom is 0.490 e. The molecule has 4 rings (SSSR count). The fraction of sp³-hybridized carbons (Fsp3) is 0.385. The van der Waals surface area contributed by atoms with Crippen LogP contribution in [0.1, 0.15) is 45.1 Å². The highest BCUT2D eigenvalue weighted by Crippen LogP contribution is 2.35. The molecule has 3 aromatic rings. The lowest BCUT2D eigenvalue weighted by Gasteiger charge is -2.34. The zero-order valence-electron chi connectivity index (χ0n) is 19.3. The fourth-order valence-corrected chi connectivity index (χ4v) is 3.95. The first-order valence-corrected chi connectivity index (χ1v) is 11.3. The number of alkyl halides is 3. The molecule has 1 heterocycles. The second kappa shape index (κ2) is 10.9. The van der Waals surface area contributed by atoms with Crippen molar-refractivity contribution >= 4 is 5.97 Å². The first kappa shape index (κ1) is 25.5. The number of carboxylic acid groups (broad SMARTS) is 1. The van der Waals surface area contributed by atoms with Crippen LogP contribution < -0.4 is 5.32 Å². The Bertz CT molecular complexity index is 1050. The van der Waals surface area contributed by atoms with E-state index in [4.69, 9.17) is 9.90 Å². The molecule has 8 heteroatoms. The van der Waals surface area contributed by atoms with Gasteiger partial charge < -0.3 is 15.4 Å². The number of halogens is 3. The molecule has 0 saturated heterocycles. The van der Waals surface area contributed by atoms with Gasteiger partial charge >= 0.3 is 12.1 Å². The van der Waals surface area contributed by atoms with E-state index < -0.39 is 12.1 Å². The Hall–Kier alpha value is -3.13. The van der Waals surface area contributed by atoms with Gasteiger partial charge in [-0.15, -0.1) is 0 Å². The van der Waals surface area contributed by atoms with Crippen molar-refractivity contribution in [3.63, 3.8) is 0 Å². The van der Waals surface area contributed by atoms with E-state index in [1.807, 2.05) is 6.20 Å². The second-order valence-electron chi connectivity index (χ2n) is 9.34. The van der Waals surface area contributed by atoms with Crippen LogP contribution in [0.15, 0.2) is 60.9 Å². The number of aromatic nitrogens is 2. The summed E-state index contributed by atoms with van der Waals surface area (Å²) in [6, 6.07) is 18.1. The third-order valence-electron chi connectivity index (χ3n) is 6.10. The summed E-state index contributed by atoms with van der Waals surface area (Å²) >= 11 is 0. The van der Waals surface area contributed by atoms with Gasteiger partial charge in [0.25, 0.3) is 0 Å². The molecule has 0 radical (unpaired) electrons. The highest BCUT2D eigenvalue weighted by molar-refractivity contribution is 5.73. The lowest BCUT2D eigenvalue weighted by molar-refractivity contribution is -0.192. The molecule has 1 saturated carbocycles. The minimum absolute atomic E-state index is 0.532. The number of aliphatic carboxylic acids is 1. The number of H-pyrrole nitrogens is 1. The summed E-state index contributed by atoms with van der Waals surface area (Å²) in [5, 5.41) is 10.9. The molecule has 182 valence electrons. The van der Waals surface area contributed by atoms with Crippen molar-refractivity contribution in [3.05, 3.63) is 66.5 Å². The van der Waals surface area contributed by atoms with Gasteiger partial charge in [0.15, 0.2) is 0 Å². The van der Waals surface area contributed by atoms with Crippen molar-refractivity contribution in [1.29, 1.82) is 0 Å². The molecule has 1 aliphatic carbocycles. The fourth-order valence-electron chi connectivity index (χ4n) is 3.95. The number of aromatic amines is 1. The van der Waals surface area contributed by atoms with Gasteiger partial charge in [0.2, 0.25) is 0 Å². The zero-order chi connectivity index (χ0) is 24.8. The van der Waals surface area contributed by atoms with Crippen LogP contribution in [0, 0.1) is 5.41 Å². The van der Waals surface area contributed by atoms with E-state index in [0.717, 1.165) is 17.9 Å². The largest absolute Gasteiger partial charge is 0.490 e. The van der Waals surface area contributed by atoms with Crippen molar-refractivity contribution in [2.24, 2.45) is 5.41 Å². The molecule has 0 aliphatic heterocycles. The smallest absolute Gasteiger partial charge is 0.475 e. The van der Waals surface area contributed by atoms with Gasteiger partial charge in [-0.25, -0.2) is 9.78 Å². The van der Waals surface area contributed by atoms with Crippen LogP contribution in [0.2, 0.25) is 0 Å². The minimum atomic E-state index is -5.08. The minimum Gasteiger partial charge on any atom is -0.475 e. The molecule has 3 N–H and O–H groups in total. The van der Waals surface area contributed by atoms with E-state index in [1.54, 1.807) is 6.20 Å². The molecule has 1 fully saturated rings. The molecule has 0 atom stereocenters. The van der Waals surface area contributed by atoms with Crippen molar-refractivity contribution in [1.82, 2.24) is 15.3 Å². The molecule has 0 amide bonds. The summed E-state index contributed by atoms with van der Waals surface area (Å²) in [7, 11) is 0. The van der Waals surface area contributed by atoms with E-state index in [9.17, 15) is 13.2 Å². The molecule has 2 aromatic carbocycles. The van der Waals surface area contributed by atoms with Crippen LogP contribution in [0.3, 0.4) is 0 Å². The highest BCUT2D eigenvalue weighted by atomic mass is 19.4. The molecule has 5 nitrogen and oxygen atoms in total. The summed E-state index contributed by atoms with van der Waals surface area (Å²) in [5.74, 6) is -1.85. The van der Waals surface area contributed by atoms with E-state index in [0.29, 0.717) is 11.5 Å². The number of carbonyl (C=O) groups is 1. The molecular formula is C26H30F3N3O2. The predicted molar refractivity (Wildman–Crippen MR) is 126 cm³/mol. The van der Waals surface area contributed by atoms with Gasteiger partial charge in [-0.1, -0.05) is 56.3 Å². The third-order valence-corrected chi connectivity index (χ3v) is 6.10. The van der Waals surface area contributed by atoms with E-state index in [2.05, 4.69) is 77.7 Å². The molecule has 1 aliphatic rings. The van der Waals surface area contributed by atoms with Crippen LogP contribution in [-0.4, -0.2) is 33.3 Å². The van der Waals surface area contributed by atoms with Crippen molar-refractivity contribution in [2.75, 3.05) is 0 Å². The van der Waals surface area contributed by atoms with Crippen molar-refractivity contribution in [3.8, 4) is 22.5 Å². The lowest BCUT2D eigenvalue weighted by Crippen LogP contribution is -2.35. The maximum absolute atomic E-state index is 10.6. The first-order valence-electron chi connectivity index (χ1n) is 11.3. The number of benzene rings is 2. The van der Waals surface area contributed by atoms with Crippen LogP contribution in [0.5, 0.6) is 0 Å². The van der Waals surface area contributed by atoms with E-state index in [-0.39, 0.29) is 0 Å². The average Bonchev–Trinajstić information content (AvgIpc) is 3.34. The molecule has 0 spiro atoms. The zero-order valence-corrected chi connectivity index (χ0v) is 19.3. The summed E-state index contributed by atoms with van der Waals surface area (Å²) in [6.45, 7) is 5.74. The van der Waals surface area contributed by atoms with E-state index in [1.165, 1.54) is 42.4 Å².